The molecule has 0 aliphatic rings. The highest BCUT2D eigenvalue weighted by Gasteiger charge is 2.12. The van der Waals surface area contributed by atoms with Gasteiger partial charge in [0.05, 0.1) is 5.02 Å². The molecule has 1 rings (SSSR count). The molecule has 2 atom stereocenters. The molecule has 112 valence electrons. The maximum Gasteiger partial charge on any atom is 0.317 e. The topological polar surface area (TPSA) is 49.4 Å². The van der Waals surface area contributed by atoms with Gasteiger partial charge in [0.25, 0.3) is 0 Å². The number of hydrogen-bond acceptors (Lipinski definition) is 2. The van der Waals surface area contributed by atoms with E-state index in [0.29, 0.717) is 12.1 Å². The van der Waals surface area contributed by atoms with Crippen LogP contribution in [0.1, 0.15) is 12.5 Å². The Hall–Kier alpha value is -1.14. The summed E-state index contributed by atoms with van der Waals surface area (Å²) < 4.78 is 24.5. The summed E-state index contributed by atoms with van der Waals surface area (Å²) in [6.45, 7) is 2.40. The average molecular weight is 321 g/mol. The third kappa shape index (κ3) is 5.09. The fraction of sp³-hybridized carbons (Fsp3) is 0.462. The Balaban J connectivity index is 2.53. The predicted octanol–water partition coefficient (Wildman–Crippen LogP) is 2.39. The van der Waals surface area contributed by atoms with E-state index in [2.05, 4.69) is 5.32 Å². The van der Waals surface area contributed by atoms with Crippen LogP contribution in [0.5, 0.6) is 0 Å². The molecule has 4 nitrogen and oxygen atoms in total. The molecule has 0 aromatic heterocycles. The molecule has 0 bridgehead atoms. The molecule has 20 heavy (non-hydrogen) atoms. The van der Waals surface area contributed by atoms with Gasteiger partial charge in [-0.05, 0) is 24.6 Å². The highest BCUT2D eigenvalue weighted by atomic mass is 35.5. The van der Waals surface area contributed by atoms with Crippen molar-refractivity contribution in [2.24, 2.45) is 0 Å². The minimum absolute atomic E-state index is 0.0557. The Morgan fingerprint density at radius 2 is 2.20 bits per heavy atom. The van der Waals surface area contributed by atoms with Gasteiger partial charge in [-0.2, -0.15) is 0 Å². The van der Waals surface area contributed by atoms with Gasteiger partial charge in [-0.25, -0.2) is 9.18 Å². The minimum atomic E-state index is -0.981. The molecule has 0 radical (unpaired) electrons. The van der Waals surface area contributed by atoms with Crippen molar-refractivity contribution in [2.75, 3.05) is 19.8 Å². The maximum atomic E-state index is 13.3. The van der Waals surface area contributed by atoms with Crippen LogP contribution in [0.2, 0.25) is 5.02 Å². The molecular formula is C13H18ClFN2O2S. The fourth-order valence-electron chi connectivity index (χ4n) is 1.47. The Kier molecular flexibility index (Phi) is 6.42. The molecule has 0 spiro atoms. The number of hydrogen-bond donors (Lipinski definition) is 1. The first-order valence-corrected chi connectivity index (χ1v) is 8.06. The SMILES string of the molecule is C[C@@H](CNC(=O)N(C)Cc1ccc(Cl)c(F)c1)[S@@](C)=O. The zero-order valence-electron chi connectivity index (χ0n) is 11.7. The first-order valence-electron chi connectivity index (χ1n) is 6.06. The van der Waals surface area contributed by atoms with Gasteiger partial charge in [0.1, 0.15) is 5.82 Å². The Morgan fingerprint density at radius 1 is 1.55 bits per heavy atom. The maximum absolute atomic E-state index is 13.3. The summed E-state index contributed by atoms with van der Waals surface area (Å²) in [4.78, 5) is 13.2. The Morgan fingerprint density at radius 3 is 2.75 bits per heavy atom. The van der Waals surface area contributed by atoms with Gasteiger partial charge < -0.3 is 10.2 Å². The van der Waals surface area contributed by atoms with Crippen molar-refractivity contribution in [1.29, 1.82) is 0 Å². The molecule has 1 N–H and O–H groups in total. The van der Waals surface area contributed by atoms with E-state index in [4.69, 9.17) is 11.6 Å². The van der Waals surface area contributed by atoms with Crippen molar-refractivity contribution in [3.8, 4) is 0 Å². The largest absolute Gasteiger partial charge is 0.337 e. The van der Waals surface area contributed by atoms with Gasteiger partial charge in [0, 0.05) is 42.4 Å². The van der Waals surface area contributed by atoms with E-state index in [0.717, 1.165) is 0 Å². The average Bonchev–Trinajstić information content (AvgIpc) is 2.39. The molecule has 0 aliphatic carbocycles. The van der Waals surface area contributed by atoms with Crippen molar-refractivity contribution in [2.45, 2.75) is 18.7 Å². The van der Waals surface area contributed by atoms with Crippen molar-refractivity contribution < 1.29 is 13.4 Å². The molecule has 0 saturated carbocycles. The highest BCUT2D eigenvalue weighted by molar-refractivity contribution is 7.84. The lowest BCUT2D eigenvalue weighted by Crippen LogP contribution is -2.40. The smallest absolute Gasteiger partial charge is 0.317 e. The number of carbonyl (C=O) groups is 1. The van der Waals surface area contributed by atoms with Crippen molar-refractivity contribution in [3.05, 3.63) is 34.6 Å². The van der Waals surface area contributed by atoms with Crippen LogP contribution < -0.4 is 5.32 Å². The van der Waals surface area contributed by atoms with E-state index >= 15 is 0 Å². The van der Waals surface area contributed by atoms with E-state index in [-0.39, 0.29) is 22.8 Å². The van der Waals surface area contributed by atoms with Gasteiger partial charge in [0.15, 0.2) is 0 Å². The summed E-state index contributed by atoms with van der Waals surface area (Å²) in [5, 5.41) is 2.63. The standard InChI is InChI=1S/C13H18ClFN2O2S/c1-9(20(3)19)7-16-13(18)17(2)8-10-4-5-11(14)12(15)6-10/h4-6,9H,7-8H2,1-3H3,(H,16,18)/t9-,20+/m0/s1. The van der Waals surface area contributed by atoms with Gasteiger partial charge >= 0.3 is 6.03 Å². The number of nitrogens with one attached hydrogen (secondary N) is 1. The van der Waals surface area contributed by atoms with Crippen LogP contribution in [-0.4, -0.2) is 40.2 Å². The van der Waals surface area contributed by atoms with Crippen LogP contribution in [0.4, 0.5) is 9.18 Å². The highest BCUT2D eigenvalue weighted by Crippen LogP contribution is 2.16. The zero-order chi connectivity index (χ0) is 15.3. The quantitative estimate of drug-likeness (QED) is 0.905. The van der Waals surface area contributed by atoms with Crippen LogP contribution in [0.25, 0.3) is 0 Å². The van der Waals surface area contributed by atoms with Crippen molar-refractivity contribution >= 4 is 28.4 Å². The summed E-state index contributed by atoms with van der Waals surface area (Å²) in [7, 11) is 0.625. The van der Waals surface area contributed by atoms with E-state index < -0.39 is 16.6 Å². The molecule has 0 saturated heterocycles. The van der Waals surface area contributed by atoms with Crippen LogP contribution >= 0.6 is 11.6 Å². The number of urea groups is 1. The number of halogens is 2. The summed E-state index contributed by atoms with van der Waals surface area (Å²) >= 11 is 5.60. The molecule has 0 aliphatic heterocycles. The van der Waals surface area contributed by atoms with Crippen LogP contribution in [0.15, 0.2) is 18.2 Å². The summed E-state index contributed by atoms with van der Waals surface area (Å²) in [6.07, 6.45) is 1.59. The number of benzene rings is 1. The van der Waals surface area contributed by atoms with E-state index in [1.807, 2.05) is 0 Å². The number of nitrogens with zero attached hydrogens (tertiary/aromatic N) is 1. The monoisotopic (exact) mass is 320 g/mol. The molecule has 7 heteroatoms. The first-order chi connectivity index (χ1) is 9.31. The first kappa shape index (κ1) is 16.9. The lowest BCUT2D eigenvalue weighted by Gasteiger charge is -2.19. The molecule has 0 heterocycles. The van der Waals surface area contributed by atoms with Crippen molar-refractivity contribution in [1.82, 2.24) is 10.2 Å². The number of carbonyl (C=O) groups excluding carboxylic acids is 1. The van der Waals surface area contributed by atoms with Gasteiger partial charge in [-0.15, -0.1) is 0 Å². The van der Waals surface area contributed by atoms with E-state index in [1.54, 1.807) is 26.3 Å². The second-order valence-corrected chi connectivity index (χ2v) is 6.81. The second kappa shape index (κ2) is 7.59. The fourth-order valence-corrected chi connectivity index (χ4v) is 1.90. The molecule has 2 amide bonds. The van der Waals surface area contributed by atoms with Crippen LogP contribution in [-0.2, 0) is 17.3 Å². The van der Waals surface area contributed by atoms with Crippen LogP contribution in [0.3, 0.4) is 0 Å². The van der Waals surface area contributed by atoms with E-state index in [9.17, 15) is 13.4 Å². The van der Waals surface area contributed by atoms with Crippen LogP contribution in [0, 0.1) is 5.82 Å². The molecule has 0 fully saturated rings. The van der Waals surface area contributed by atoms with Crippen molar-refractivity contribution in [3.63, 3.8) is 0 Å². The molecule has 1 aromatic rings. The third-order valence-corrected chi connectivity index (χ3v) is 4.46. The summed E-state index contributed by atoms with van der Waals surface area (Å²) in [6, 6.07) is 4.13. The van der Waals surface area contributed by atoms with E-state index in [1.165, 1.54) is 17.0 Å². The third-order valence-electron chi connectivity index (χ3n) is 2.86. The zero-order valence-corrected chi connectivity index (χ0v) is 13.2. The van der Waals surface area contributed by atoms with Gasteiger partial charge in [-0.3, -0.25) is 4.21 Å². The lowest BCUT2D eigenvalue weighted by molar-refractivity contribution is 0.207. The molecule has 1 aromatic carbocycles. The second-order valence-electron chi connectivity index (χ2n) is 4.60. The van der Waals surface area contributed by atoms with Gasteiger partial charge in [-0.1, -0.05) is 17.7 Å². The summed E-state index contributed by atoms with van der Waals surface area (Å²) in [5.74, 6) is -0.507. The number of amides is 2. The Labute approximate surface area is 125 Å². The molecule has 0 unspecified atom stereocenters. The Bertz CT molecular complexity index is 513. The minimum Gasteiger partial charge on any atom is -0.337 e. The normalized spacial score (nSPS) is 13.7. The number of rotatable bonds is 5. The van der Waals surface area contributed by atoms with Gasteiger partial charge in [0.2, 0.25) is 0 Å². The predicted molar refractivity (Wildman–Crippen MR) is 79.8 cm³/mol. The molecular weight excluding hydrogens is 303 g/mol. The lowest BCUT2D eigenvalue weighted by atomic mass is 10.2. The summed E-state index contributed by atoms with van der Waals surface area (Å²) in [5.41, 5.74) is 0.650.